The van der Waals surface area contributed by atoms with Crippen molar-refractivity contribution in [2.24, 2.45) is 0 Å². The summed E-state index contributed by atoms with van der Waals surface area (Å²) in [6.07, 6.45) is 1.17. The van der Waals surface area contributed by atoms with Crippen molar-refractivity contribution < 1.29 is 17.7 Å². The molecule has 0 fully saturated rings. The van der Waals surface area contributed by atoms with E-state index in [4.69, 9.17) is 9.29 Å². The van der Waals surface area contributed by atoms with Gasteiger partial charge in [0.1, 0.15) is 0 Å². The summed E-state index contributed by atoms with van der Waals surface area (Å²) in [6, 6.07) is 0. The molecule has 0 aliphatic carbocycles. The van der Waals surface area contributed by atoms with Crippen LogP contribution in [0.1, 0.15) is 26.7 Å². The Balaban J connectivity index is 3.44. The molecule has 0 aromatic heterocycles. The van der Waals surface area contributed by atoms with Gasteiger partial charge in [0.25, 0.3) is 10.1 Å². The smallest absolute Gasteiger partial charge is 0.264 e. The first-order valence-corrected chi connectivity index (χ1v) is 5.63. The number of hydrogen-bond acceptors (Lipinski definition) is 3. The fourth-order valence-corrected chi connectivity index (χ4v) is 1.45. The summed E-state index contributed by atoms with van der Waals surface area (Å²) >= 11 is 0. The van der Waals surface area contributed by atoms with Gasteiger partial charge in [-0.3, -0.25) is 4.55 Å². The summed E-state index contributed by atoms with van der Waals surface area (Å²) < 4.78 is 34.1. The lowest BCUT2D eigenvalue weighted by atomic mass is 10.2. The van der Waals surface area contributed by atoms with Gasteiger partial charge in [-0.2, -0.15) is 8.42 Å². The van der Waals surface area contributed by atoms with Crippen LogP contribution in [0.25, 0.3) is 0 Å². The van der Waals surface area contributed by atoms with Crippen LogP contribution in [0.15, 0.2) is 0 Å². The maximum absolute atomic E-state index is 10.3. The fraction of sp³-hybridized carbons (Fsp3) is 1.00. The van der Waals surface area contributed by atoms with Gasteiger partial charge < -0.3 is 4.74 Å². The fourth-order valence-electron chi connectivity index (χ4n) is 0.921. The molecule has 74 valence electrons. The predicted octanol–water partition coefficient (Wildman–Crippen LogP) is 1.08. The lowest BCUT2D eigenvalue weighted by molar-refractivity contribution is 0.0699. The normalized spacial score (nSPS) is 14.6. The highest BCUT2D eigenvalue weighted by Crippen LogP contribution is 2.02. The van der Waals surface area contributed by atoms with Gasteiger partial charge in [-0.1, -0.05) is 0 Å². The molecule has 1 N–H and O–H groups in total. The number of hydrogen-bond donors (Lipinski definition) is 1. The maximum atomic E-state index is 10.3. The van der Waals surface area contributed by atoms with Crippen molar-refractivity contribution in [3.05, 3.63) is 0 Å². The molecule has 0 unspecified atom stereocenters. The Morgan fingerprint density at radius 2 is 2.08 bits per heavy atom. The van der Waals surface area contributed by atoms with Crippen LogP contribution in [0.3, 0.4) is 0 Å². The molecule has 4 nitrogen and oxygen atoms in total. The van der Waals surface area contributed by atoms with Crippen LogP contribution < -0.4 is 0 Å². The molecule has 1 atom stereocenters. The third kappa shape index (κ3) is 7.97. The van der Waals surface area contributed by atoms with E-state index >= 15 is 0 Å². The minimum absolute atomic E-state index is 0.0664. The van der Waals surface area contributed by atoms with Crippen molar-refractivity contribution in [2.75, 3.05) is 12.4 Å². The van der Waals surface area contributed by atoms with E-state index in [0.29, 0.717) is 19.4 Å². The summed E-state index contributed by atoms with van der Waals surface area (Å²) in [6.45, 7) is 4.40. The van der Waals surface area contributed by atoms with Gasteiger partial charge in [0.15, 0.2) is 0 Å². The predicted molar refractivity (Wildman–Crippen MR) is 46.7 cm³/mol. The van der Waals surface area contributed by atoms with E-state index in [-0.39, 0.29) is 11.9 Å². The van der Waals surface area contributed by atoms with Crippen molar-refractivity contribution in [1.29, 1.82) is 0 Å². The first-order chi connectivity index (χ1) is 5.45. The molecule has 0 spiro atoms. The van der Waals surface area contributed by atoms with Gasteiger partial charge in [-0.05, 0) is 26.7 Å². The first kappa shape index (κ1) is 11.9. The van der Waals surface area contributed by atoms with Gasteiger partial charge in [0.2, 0.25) is 0 Å². The molecule has 0 aromatic rings. The zero-order chi connectivity index (χ0) is 9.61. The Labute approximate surface area is 73.7 Å². The monoisotopic (exact) mass is 196 g/mol. The minimum atomic E-state index is -3.79. The molecule has 0 saturated heterocycles. The van der Waals surface area contributed by atoms with E-state index in [1.807, 2.05) is 13.8 Å². The van der Waals surface area contributed by atoms with Crippen LogP contribution in [0, 0.1) is 0 Å². The molecular weight excluding hydrogens is 180 g/mol. The average molecular weight is 196 g/mol. The Bertz CT molecular complexity index is 197. The Morgan fingerprint density at radius 1 is 1.50 bits per heavy atom. The number of ether oxygens (including phenoxy) is 1. The third-order valence-electron chi connectivity index (χ3n) is 1.46. The van der Waals surface area contributed by atoms with Crippen LogP contribution >= 0.6 is 0 Å². The molecule has 0 aliphatic rings. The van der Waals surface area contributed by atoms with Gasteiger partial charge in [0.05, 0.1) is 11.9 Å². The lowest BCUT2D eigenvalue weighted by Crippen LogP contribution is -2.11. The first-order valence-electron chi connectivity index (χ1n) is 4.02. The zero-order valence-electron chi connectivity index (χ0n) is 7.49. The summed E-state index contributed by atoms with van der Waals surface area (Å²) in [4.78, 5) is 0. The summed E-state index contributed by atoms with van der Waals surface area (Å²) in [5, 5.41) is 0. The zero-order valence-corrected chi connectivity index (χ0v) is 8.30. The molecule has 0 rings (SSSR count). The second-order valence-corrected chi connectivity index (χ2v) is 4.27. The quantitative estimate of drug-likeness (QED) is 0.646. The molecule has 0 bridgehead atoms. The molecule has 0 amide bonds. The molecule has 0 aromatic carbocycles. The molecule has 5 heteroatoms. The van der Waals surface area contributed by atoms with Crippen LogP contribution in [-0.4, -0.2) is 31.4 Å². The SMILES string of the molecule is CCO[C@@H](C)CCCS(=O)(=O)O. The lowest BCUT2D eigenvalue weighted by Gasteiger charge is -2.09. The van der Waals surface area contributed by atoms with Crippen molar-refractivity contribution in [3.8, 4) is 0 Å². The van der Waals surface area contributed by atoms with Gasteiger partial charge in [0, 0.05) is 6.61 Å². The highest BCUT2D eigenvalue weighted by atomic mass is 32.2. The highest BCUT2D eigenvalue weighted by molar-refractivity contribution is 7.85. The van der Waals surface area contributed by atoms with Crippen LogP contribution in [0.2, 0.25) is 0 Å². The molecule has 12 heavy (non-hydrogen) atoms. The average Bonchev–Trinajstić information content (AvgIpc) is 1.84. The van der Waals surface area contributed by atoms with E-state index in [1.165, 1.54) is 0 Å². The summed E-state index contributed by atoms with van der Waals surface area (Å²) in [5.74, 6) is -0.176. The summed E-state index contributed by atoms with van der Waals surface area (Å²) in [7, 11) is -3.79. The molecular formula is C7H16O4S. The molecule has 0 saturated carbocycles. The van der Waals surface area contributed by atoms with E-state index in [0.717, 1.165) is 0 Å². The van der Waals surface area contributed by atoms with Crippen LogP contribution in [0.4, 0.5) is 0 Å². The highest BCUT2D eigenvalue weighted by Gasteiger charge is 2.06. The van der Waals surface area contributed by atoms with Crippen LogP contribution in [-0.2, 0) is 14.9 Å². The summed E-state index contributed by atoms with van der Waals surface area (Å²) in [5.41, 5.74) is 0. The largest absolute Gasteiger partial charge is 0.379 e. The van der Waals surface area contributed by atoms with E-state index in [2.05, 4.69) is 0 Å². The molecule has 0 aliphatic heterocycles. The van der Waals surface area contributed by atoms with Gasteiger partial charge in [-0.25, -0.2) is 0 Å². The molecule has 0 heterocycles. The van der Waals surface area contributed by atoms with Crippen molar-refractivity contribution in [1.82, 2.24) is 0 Å². The minimum Gasteiger partial charge on any atom is -0.379 e. The Morgan fingerprint density at radius 3 is 2.50 bits per heavy atom. The van der Waals surface area contributed by atoms with E-state index < -0.39 is 10.1 Å². The standard InChI is InChI=1S/C7H16O4S/c1-3-11-7(2)5-4-6-12(8,9)10/h7H,3-6H2,1-2H3,(H,8,9,10)/t7-/m0/s1. The second-order valence-electron chi connectivity index (χ2n) is 2.69. The molecule has 0 radical (unpaired) electrons. The van der Waals surface area contributed by atoms with E-state index in [1.54, 1.807) is 0 Å². The Hall–Kier alpha value is -0.130. The van der Waals surface area contributed by atoms with Crippen molar-refractivity contribution >= 4 is 10.1 Å². The van der Waals surface area contributed by atoms with Crippen molar-refractivity contribution in [2.45, 2.75) is 32.8 Å². The van der Waals surface area contributed by atoms with Gasteiger partial charge >= 0.3 is 0 Å². The second kappa shape index (κ2) is 5.50. The van der Waals surface area contributed by atoms with Gasteiger partial charge in [-0.15, -0.1) is 0 Å². The topological polar surface area (TPSA) is 63.6 Å². The maximum Gasteiger partial charge on any atom is 0.264 e. The third-order valence-corrected chi connectivity index (χ3v) is 2.27. The van der Waals surface area contributed by atoms with E-state index in [9.17, 15) is 8.42 Å². The van der Waals surface area contributed by atoms with Crippen molar-refractivity contribution in [3.63, 3.8) is 0 Å². The Kier molecular flexibility index (Phi) is 5.44. The number of rotatable bonds is 6. The van der Waals surface area contributed by atoms with Crippen LogP contribution in [0.5, 0.6) is 0 Å².